The molecule has 0 saturated carbocycles. The van der Waals surface area contributed by atoms with E-state index in [1.807, 2.05) is 6.08 Å². The second kappa shape index (κ2) is 21.0. The first-order valence-electron chi connectivity index (χ1n) is 8.08. The highest BCUT2D eigenvalue weighted by Gasteiger charge is 1.91. The minimum absolute atomic E-state index is 0.352. The molecule has 0 aliphatic rings. The molecule has 0 aromatic carbocycles. The minimum Gasteiger partial charge on any atom is -0.481 e. The summed E-state index contributed by atoms with van der Waals surface area (Å²) in [6.07, 6.45) is 16.2. The molecule has 0 unspecified atom stereocenters. The van der Waals surface area contributed by atoms with Gasteiger partial charge in [0.05, 0.1) is 0 Å². The van der Waals surface area contributed by atoms with E-state index in [2.05, 4.69) is 24.8 Å². The fourth-order valence-electron chi connectivity index (χ4n) is 1.69. The number of unbranched alkanes of at least 4 members (excludes halogenated alkanes) is 8. The van der Waals surface area contributed by atoms with Crippen LogP contribution in [0.2, 0.25) is 0 Å². The Labute approximate surface area is 130 Å². The van der Waals surface area contributed by atoms with Gasteiger partial charge >= 0.3 is 0 Å². The molecule has 0 heterocycles. The molecule has 0 aliphatic carbocycles. The summed E-state index contributed by atoms with van der Waals surface area (Å²) in [5.74, 6) is 5.40. The summed E-state index contributed by atoms with van der Waals surface area (Å²) < 4.78 is 0. The molecule has 0 atom stereocenters. The van der Waals surface area contributed by atoms with E-state index in [-0.39, 0.29) is 0 Å². The van der Waals surface area contributed by atoms with E-state index in [0.29, 0.717) is 6.61 Å². The Balaban J connectivity index is 0. The van der Waals surface area contributed by atoms with E-state index < -0.39 is 5.97 Å². The molecular formula is C18H32O3. The molecule has 0 spiro atoms. The largest absolute Gasteiger partial charge is 0.481 e. The van der Waals surface area contributed by atoms with E-state index in [1.54, 1.807) is 0 Å². The Kier molecular flexibility index (Phi) is 22.1. The highest BCUT2D eigenvalue weighted by molar-refractivity contribution is 5.62. The maximum absolute atomic E-state index is 9.00. The standard InChI is InChI=1S/C16H28O.C2H4O2/c1-2-3-4-5-6-7-8-9-10-11-12-13-14-15-16-17;1-2(3)4/h3-4,17H,2,7-16H2,1H3;1H3,(H,3,4)/b4-3-;. The number of carboxylic acids is 1. The van der Waals surface area contributed by atoms with Gasteiger partial charge in [-0.25, -0.2) is 0 Å². The normalized spacial score (nSPS) is 9.67. The Morgan fingerprint density at radius 3 is 1.95 bits per heavy atom. The molecule has 0 saturated heterocycles. The fourth-order valence-corrected chi connectivity index (χ4v) is 1.69. The molecule has 3 nitrogen and oxygen atoms in total. The summed E-state index contributed by atoms with van der Waals surface area (Å²) in [5.41, 5.74) is 0. The van der Waals surface area contributed by atoms with Crippen molar-refractivity contribution in [3.05, 3.63) is 12.2 Å². The van der Waals surface area contributed by atoms with Crippen molar-refractivity contribution in [3.63, 3.8) is 0 Å². The van der Waals surface area contributed by atoms with Crippen molar-refractivity contribution in [2.75, 3.05) is 6.61 Å². The van der Waals surface area contributed by atoms with Gasteiger partial charge in [-0.3, -0.25) is 4.79 Å². The third-order valence-corrected chi connectivity index (χ3v) is 2.75. The molecule has 3 heteroatoms. The lowest BCUT2D eigenvalue weighted by Gasteiger charge is -1.99. The van der Waals surface area contributed by atoms with Crippen molar-refractivity contribution < 1.29 is 15.0 Å². The number of aliphatic hydroxyl groups is 1. The van der Waals surface area contributed by atoms with Gasteiger partial charge in [0.1, 0.15) is 0 Å². The predicted molar refractivity (Wildman–Crippen MR) is 89.2 cm³/mol. The number of aliphatic hydroxyl groups excluding tert-OH is 1. The predicted octanol–water partition coefficient (Wildman–Crippen LogP) is 4.55. The average molecular weight is 296 g/mol. The van der Waals surface area contributed by atoms with Crippen molar-refractivity contribution in [1.29, 1.82) is 0 Å². The van der Waals surface area contributed by atoms with Crippen LogP contribution < -0.4 is 0 Å². The Morgan fingerprint density at radius 2 is 1.48 bits per heavy atom. The van der Waals surface area contributed by atoms with E-state index in [1.165, 1.54) is 44.9 Å². The van der Waals surface area contributed by atoms with Gasteiger partial charge in [-0.1, -0.05) is 63.4 Å². The first kappa shape index (κ1) is 22.0. The van der Waals surface area contributed by atoms with Crippen molar-refractivity contribution in [3.8, 4) is 11.8 Å². The molecular weight excluding hydrogens is 264 g/mol. The summed E-state index contributed by atoms with van der Waals surface area (Å²) >= 11 is 0. The summed E-state index contributed by atoms with van der Waals surface area (Å²) in [4.78, 5) is 9.00. The highest BCUT2D eigenvalue weighted by atomic mass is 16.4. The van der Waals surface area contributed by atoms with Crippen molar-refractivity contribution in [1.82, 2.24) is 0 Å². The van der Waals surface area contributed by atoms with E-state index >= 15 is 0 Å². The van der Waals surface area contributed by atoms with Gasteiger partial charge in [-0.05, 0) is 25.3 Å². The smallest absolute Gasteiger partial charge is 0.300 e. The van der Waals surface area contributed by atoms with Gasteiger partial charge in [-0.2, -0.15) is 0 Å². The van der Waals surface area contributed by atoms with Crippen LogP contribution in [0.3, 0.4) is 0 Å². The first-order valence-corrected chi connectivity index (χ1v) is 8.08. The third kappa shape index (κ3) is 32.3. The SMILES string of the molecule is CC(=O)O.CC/C=C\C#CCCCCCCCCCCO. The van der Waals surface area contributed by atoms with Crippen LogP contribution in [0.1, 0.15) is 78.1 Å². The van der Waals surface area contributed by atoms with Crippen LogP contribution in [0.25, 0.3) is 0 Å². The molecule has 2 N–H and O–H groups in total. The van der Waals surface area contributed by atoms with Crippen molar-refractivity contribution in [2.24, 2.45) is 0 Å². The fraction of sp³-hybridized carbons (Fsp3) is 0.722. The summed E-state index contributed by atoms with van der Waals surface area (Å²) in [5, 5.41) is 16.0. The van der Waals surface area contributed by atoms with Gasteiger partial charge < -0.3 is 10.2 Å². The van der Waals surface area contributed by atoms with E-state index in [9.17, 15) is 0 Å². The molecule has 0 aromatic heterocycles. The van der Waals surface area contributed by atoms with Gasteiger partial charge in [0.25, 0.3) is 5.97 Å². The number of hydrogen-bond acceptors (Lipinski definition) is 2. The lowest BCUT2D eigenvalue weighted by molar-refractivity contribution is -0.134. The number of hydrogen-bond donors (Lipinski definition) is 2. The maximum Gasteiger partial charge on any atom is 0.300 e. The number of aliphatic carboxylic acids is 1. The zero-order valence-electron chi connectivity index (χ0n) is 13.7. The molecule has 122 valence electrons. The Hall–Kier alpha value is -1.27. The molecule has 0 aliphatic heterocycles. The van der Waals surface area contributed by atoms with Crippen molar-refractivity contribution >= 4 is 5.97 Å². The summed E-state index contributed by atoms with van der Waals surface area (Å²) in [6.45, 7) is 3.56. The Morgan fingerprint density at radius 1 is 1.00 bits per heavy atom. The topological polar surface area (TPSA) is 57.5 Å². The van der Waals surface area contributed by atoms with Gasteiger partial charge in [0.15, 0.2) is 0 Å². The van der Waals surface area contributed by atoms with E-state index in [4.69, 9.17) is 15.0 Å². The number of carbonyl (C=O) groups is 1. The van der Waals surface area contributed by atoms with Gasteiger partial charge in [0.2, 0.25) is 0 Å². The monoisotopic (exact) mass is 296 g/mol. The second-order valence-corrected chi connectivity index (χ2v) is 4.95. The quantitative estimate of drug-likeness (QED) is 0.459. The van der Waals surface area contributed by atoms with Crippen LogP contribution in [-0.2, 0) is 4.79 Å². The summed E-state index contributed by atoms with van der Waals surface area (Å²) in [6, 6.07) is 0. The zero-order valence-corrected chi connectivity index (χ0v) is 13.7. The van der Waals surface area contributed by atoms with Crippen LogP contribution in [0.15, 0.2) is 12.2 Å². The summed E-state index contributed by atoms with van der Waals surface area (Å²) in [7, 11) is 0. The van der Waals surface area contributed by atoms with Crippen LogP contribution in [-0.4, -0.2) is 22.8 Å². The highest BCUT2D eigenvalue weighted by Crippen LogP contribution is 2.09. The lowest BCUT2D eigenvalue weighted by atomic mass is 10.1. The van der Waals surface area contributed by atoms with Gasteiger partial charge in [-0.15, -0.1) is 0 Å². The number of rotatable bonds is 10. The lowest BCUT2D eigenvalue weighted by Crippen LogP contribution is -1.84. The number of allylic oxidation sites excluding steroid dienone is 2. The molecule has 0 aromatic rings. The molecule has 0 amide bonds. The van der Waals surface area contributed by atoms with Crippen LogP contribution >= 0.6 is 0 Å². The van der Waals surface area contributed by atoms with Crippen LogP contribution in [0, 0.1) is 11.8 Å². The molecule has 21 heavy (non-hydrogen) atoms. The third-order valence-electron chi connectivity index (χ3n) is 2.75. The first-order chi connectivity index (χ1) is 10.1. The average Bonchev–Trinajstić information content (AvgIpc) is 2.43. The van der Waals surface area contributed by atoms with E-state index in [0.717, 1.165) is 26.2 Å². The van der Waals surface area contributed by atoms with Crippen molar-refractivity contribution in [2.45, 2.75) is 78.1 Å². The zero-order chi connectivity index (χ0) is 16.2. The van der Waals surface area contributed by atoms with Crippen LogP contribution in [0.4, 0.5) is 0 Å². The van der Waals surface area contributed by atoms with Crippen LogP contribution in [0.5, 0.6) is 0 Å². The Bertz CT molecular complexity index is 293. The minimum atomic E-state index is -0.833. The molecule has 0 bridgehead atoms. The van der Waals surface area contributed by atoms with Gasteiger partial charge in [0, 0.05) is 20.0 Å². The maximum atomic E-state index is 9.00. The second-order valence-electron chi connectivity index (χ2n) is 4.95. The molecule has 0 radical (unpaired) electrons. The number of carboxylic acid groups (broad SMARTS) is 1. The molecule has 0 rings (SSSR count). The molecule has 0 fully saturated rings.